The largest absolute Gasteiger partial charge is 0.493 e. The van der Waals surface area contributed by atoms with E-state index in [2.05, 4.69) is 24.0 Å². The zero-order valence-electron chi connectivity index (χ0n) is 20.6. The number of ketones is 1. The average molecular weight is 497 g/mol. The molecule has 2 aliphatic heterocycles. The van der Waals surface area contributed by atoms with Gasteiger partial charge in [0, 0.05) is 24.4 Å². The van der Waals surface area contributed by atoms with Crippen LogP contribution in [0.5, 0.6) is 5.75 Å². The zero-order valence-corrected chi connectivity index (χ0v) is 21.4. The van der Waals surface area contributed by atoms with E-state index in [0.29, 0.717) is 37.8 Å². The maximum atomic E-state index is 12.3. The van der Waals surface area contributed by atoms with E-state index < -0.39 is 10.0 Å². The lowest BCUT2D eigenvalue weighted by Crippen LogP contribution is -2.25. The molecule has 6 nitrogen and oxygen atoms in total. The van der Waals surface area contributed by atoms with E-state index in [-0.39, 0.29) is 11.5 Å². The molecule has 2 atom stereocenters. The molecule has 0 spiro atoms. The van der Waals surface area contributed by atoms with Gasteiger partial charge in [0.2, 0.25) is 10.0 Å². The molecule has 0 bridgehead atoms. The lowest BCUT2D eigenvalue weighted by molar-refractivity contribution is 0.0994. The average Bonchev–Trinajstić information content (AvgIpc) is 3.33. The summed E-state index contributed by atoms with van der Waals surface area (Å²) in [5.74, 6) is 1.92. The number of ether oxygens (including phenoxy) is 1. The molecule has 0 amide bonds. The first-order chi connectivity index (χ1) is 16.9. The number of nitrogens with zero attached hydrogens (tertiary/aromatic N) is 2. The minimum Gasteiger partial charge on any atom is -0.493 e. The predicted molar refractivity (Wildman–Crippen MR) is 139 cm³/mol. The van der Waals surface area contributed by atoms with E-state index in [4.69, 9.17) is 4.74 Å². The molecule has 188 valence electrons. The quantitative estimate of drug-likeness (QED) is 0.559. The normalized spacial score (nSPS) is 24.4. The highest BCUT2D eigenvalue weighted by Crippen LogP contribution is 2.36. The Balaban J connectivity index is 1.33. The zero-order chi connectivity index (χ0) is 24.4. The summed E-state index contributed by atoms with van der Waals surface area (Å²) in [5.41, 5.74) is 3.97. The van der Waals surface area contributed by atoms with Crippen LogP contribution in [0.3, 0.4) is 0 Å². The molecule has 3 aliphatic rings. The van der Waals surface area contributed by atoms with Gasteiger partial charge in [-0.25, -0.2) is 8.42 Å². The molecule has 2 aromatic carbocycles. The maximum Gasteiger partial charge on any atom is 0.235 e. The van der Waals surface area contributed by atoms with Gasteiger partial charge in [0.1, 0.15) is 5.75 Å². The number of sulfonamides is 1. The first kappa shape index (κ1) is 24.3. The third-order valence-electron chi connectivity index (χ3n) is 7.86. The van der Waals surface area contributed by atoms with Crippen LogP contribution in [0.1, 0.15) is 66.4 Å². The third-order valence-corrected chi connectivity index (χ3v) is 9.73. The van der Waals surface area contributed by atoms with Gasteiger partial charge in [0.05, 0.1) is 18.0 Å². The van der Waals surface area contributed by atoms with Crippen LogP contribution >= 0.6 is 0 Å². The molecule has 0 unspecified atom stereocenters. The molecule has 2 fully saturated rings. The van der Waals surface area contributed by atoms with Gasteiger partial charge in [-0.1, -0.05) is 25.1 Å². The molecule has 2 heterocycles. The summed E-state index contributed by atoms with van der Waals surface area (Å²) in [6.45, 7) is 6.63. The number of fused-ring (bicyclic) bond motifs is 1. The van der Waals surface area contributed by atoms with E-state index in [0.717, 1.165) is 67.9 Å². The first-order valence-electron chi connectivity index (χ1n) is 13.1. The summed E-state index contributed by atoms with van der Waals surface area (Å²) in [6, 6.07) is 14.1. The van der Waals surface area contributed by atoms with Crippen molar-refractivity contribution in [1.82, 2.24) is 4.90 Å². The van der Waals surface area contributed by atoms with Crippen LogP contribution in [0, 0.1) is 5.92 Å². The number of hydrogen-bond acceptors (Lipinski definition) is 5. The number of hydrogen-bond donors (Lipinski definition) is 0. The minimum absolute atomic E-state index is 0.216. The van der Waals surface area contributed by atoms with Gasteiger partial charge in [0.15, 0.2) is 5.78 Å². The van der Waals surface area contributed by atoms with Gasteiger partial charge >= 0.3 is 0 Å². The van der Waals surface area contributed by atoms with Crippen molar-refractivity contribution in [2.24, 2.45) is 5.92 Å². The highest BCUT2D eigenvalue weighted by Gasteiger charge is 2.31. The second-order valence-electron chi connectivity index (χ2n) is 10.2. The summed E-state index contributed by atoms with van der Waals surface area (Å²) >= 11 is 0. The summed E-state index contributed by atoms with van der Waals surface area (Å²) in [7, 11) is -3.17. The van der Waals surface area contributed by atoms with Crippen LogP contribution in [0.4, 0.5) is 5.69 Å². The number of benzene rings is 2. The fourth-order valence-corrected chi connectivity index (χ4v) is 7.49. The van der Waals surface area contributed by atoms with Crippen LogP contribution in [-0.2, 0) is 16.4 Å². The van der Waals surface area contributed by atoms with Crippen molar-refractivity contribution in [1.29, 1.82) is 0 Å². The number of rotatable bonds is 7. The molecule has 2 aromatic rings. The molecule has 1 aliphatic carbocycles. The van der Waals surface area contributed by atoms with Gasteiger partial charge in [-0.15, -0.1) is 0 Å². The van der Waals surface area contributed by atoms with Crippen LogP contribution in [0.2, 0.25) is 0 Å². The van der Waals surface area contributed by atoms with Gasteiger partial charge in [0.25, 0.3) is 0 Å². The Morgan fingerprint density at radius 3 is 2.54 bits per heavy atom. The van der Waals surface area contributed by atoms with Crippen LogP contribution in [0.25, 0.3) is 0 Å². The molecular weight excluding hydrogens is 460 g/mol. The van der Waals surface area contributed by atoms with Crippen LogP contribution in [-0.4, -0.2) is 57.6 Å². The lowest BCUT2D eigenvalue weighted by atomic mass is 9.83. The van der Waals surface area contributed by atoms with Crippen molar-refractivity contribution in [2.75, 3.05) is 42.8 Å². The van der Waals surface area contributed by atoms with E-state index in [1.165, 1.54) is 5.56 Å². The molecule has 2 saturated heterocycles. The molecule has 5 rings (SSSR count). The van der Waals surface area contributed by atoms with Crippen molar-refractivity contribution < 1.29 is 17.9 Å². The van der Waals surface area contributed by atoms with Crippen molar-refractivity contribution in [3.63, 3.8) is 0 Å². The fraction of sp³-hybridized carbons (Fsp3) is 0.536. The number of carbonyl (C=O) groups excluding carboxylic acids is 1. The van der Waals surface area contributed by atoms with Crippen molar-refractivity contribution in [3.05, 3.63) is 59.2 Å². The highest BCUT2D eigenvalue weighted by molar-refractivity contribution is 7.93. The third kappa shape index (κ3) is 5.26. The fourth-order valence-electron chi connectivity index (χ4n) is 5.92. The topological polar surface area (TPSA) is 66.9 Å². The Kier molecular flexibility index (Phi) is 7.17. The van der Waals surface area contributed by atoms with Gasteiger partial charge < -0.3 is 9.64 Å². The molecular formula is C28H36N2O4S. The summed E-state index contributed by atoms with van der Waals surface area (Å²) < 4.78 is 32.5. The molecule has 0 N–H and O–H groups in total. The molecule has 0 saturated carbocycles. The number of aryl methyl sites for hydroxylation is 1. The molecule has 7 heteroatoms. The first-order valence-corrected chi connectivity index (χ1v) is 14.7. The monoisotopic (exact) mass is 496 g/mol. The Morgan fingerprint density at radius 2 is 1.80 bits per heavy atom. The minimum atomic E-state index is -3.17. The Labute approximate surface area is 209 Å². The van der Waals surface area contributed by atoms with E-state index in [1.54, 1.807) is 4.31 Å². The Bertz CT molecular complexity index is 1160. The summed E-state index contributed by atoms with van der Waals surface area (Å²) in [4.78, 5) is 14.7. The number of carbonyl (C=O) groups is 1. The predicted octanol–water partition coefficient (Wildman–Crippen LogP) is 4.64. The number of Topliss-reactive ketones (excluding diaryl/α,β-unsaturated/α-hetero) is 1. The Hall–Kier alpha value is -2.38. The summed E-state index contributed by atoms with van der Waals surface area (Å²) in [6.07, 6.45) is 5.38. The number of likely N-dealkylation sites (tertiary alicyclic amines) is 1. The smallest absolute Gasteiger partial charge is 0.235 e. The van der Waals surface area contributed by atoms with Gasteiger partial charge in [-0.05, 0) is 93.0 Å². The number of anilines is 1. The van der Waals surface area contributed by atoms with Gasteiger partial charge in [-0.3, -0.25) is 9.10 Å². The van der Waals surface area contributed by atoms with Crippen LogP contribution < -0.4 is 9.04 Å². The van der Waals surface area contributed by atoms with E-state index in [1.807, 2.05) is 30.3 Å². The lowest BCUT2D eigenvalue weighted by Gasteiger charge is -2.26. The van der Waals surface area contributed by atoms with Gasteiger partial charge in [-0.2, -0.15) is 0 Å². The SMILES string of the molecule is CCCN1CC[C@@H](COc2ccc3c(c2)C(=O)CC3)[C@H](c2ccc(N3CCCS3(=O)=O)cc2)CC1. The maximum absolute atomic E-state index is 12.3. The Morgan fingerprint density at radius 1 is 1.00 bits per heavy atom. The highest BCUT2D eigenvalue weighted by atomic mass is 32.2. The molecule has 35 heavy (non-hydrogen) atoms. The van der Waals surface area contributed by atoms with E-state index in [9.17, 15) is 13.2 Å². The van der Waals surface area contributed by atoms with Crippen molar-refractivity contribution >= 4 is 21.5 Å². The summed E-state index contributed by atoms with van der Waals surface area (Å²) in [5, 5.41) is 0. The van der Waals surface area contributed by atoms with Crippen LogP contribution in [0.15, 0.2) is 42.5 Å². The molecule has 0 radical (unpaired) electrons. The van der Waals surface area contributed by atoms with E-state index >= 15 is 0 Å². The second-order valence-corrected chi connectivity index (χ2v) is 12.2. The second kappa shape index (κ2) is 10.3. The van der Waals surface area contributed by atoms with Crippen molar-refractivity contribution in [2.45, 2.75) is 51.4 Å². The van der Waals surface area contributed by atoms with Crippen molar-refractivity contribution in [3.8, 4) is 5.75 Å². The standard InChI is InChI=1S/C28H36N2O4S/c1-2-14-29-16-12-23(20-34-25-10-6-22-7-11-28(31)27(22)19-25)26(13-17-29)21-4-8-24(9-5-21)30-15-3-18-35(30,32)33/h4-6,8-10,19,23,26H,2-3,7,11-18,20H2,1H3/t23-,26-/m0/s1. The molecule has 0 aromatic heterocycles.